The van der Waals surface area contributed by atoms with Crippen molar-refractivity contribution in [2.75, 3.05) is 5.32 Å². The molecule has 1 atom stereocenters. The summed E-state index contributed by atoms with van der Waals surface area (Å²) in [5.74, 6) is 2.30. The molecule has 0 aliphatic heterocycles. The van der Waals surface area contributed by atoms with Gasteiger partial charge in [0.1, 0.15) is 11.3 Å². The molecule has 1 N–H and O–H groups in total. The minimum atomic E-state index is 0.0866. The van der Waals surface area contributed by atoms with Gasteiger partial charge in [-0.2, -0.15) is 0 Å². The molecule has 0 amide bonds. The van der Waals surface area contributed by atoms with Crippen LogP contribution in [0, 0.1) is 0 Å². The van der Waals surface area contributed by atoms with E-state index in [1.54, 1.807) is 0 Å². The fraction of sp³-hybridized carbons (Fsp3) is 0.312. The second-order valence-corrected chi connectivity index (χ2v) is 6.30. The first-order valence-corrected chi connectivity index (χ1v) is 7.90. The normalized spacial score (nSPS) is 16.3. The first kappa shape index (κ1) is 13.0. The molecule has 21 heavy (non-hydrogen) atoms. The van der Waals surface area contributed by atoms with Gasteiger partial charge >= 0.3 is 0 Å². The van der Waals surface area contributed by atoms with Crippen LogP contribution < -0.4 is 5.32 Å². The molecule has 4 nitrogen and oxygen atoms in total. The van der Waals surface area contributed by atoms with E-state index in [1.165, 1.54) is 12.8 Å². The first-order chi connectivity index (χ1) is 10.2. The summed E-state index contributed by atoms with van der Waals surface area (Å²) >= 11 is 3.32. The number of aromatic nitrogens is 1. The third kappa shape index (κ3) is 2.58. The second-order valence-electron chi connectivity index (χ2n) is 5.52. The van der Waals surface area contributed by atoms with Crippen molar-refractivity contribution in [1.29, 1.82) is 0 Å². The number of hydrogen-bond donors (Lipinski definition) is 1. The standard InChI is InChI=1S/C16H15BrN2O2/c1-9(13-6-7-15(17)20-13)18-11-4-5-14-12(8-11)19-16(21-14)10-2-3-10/h4-10,18H,2-3H2,1H3. The maximum absolute atomic E-state index is 5.78. The minimum Gasteiger partial charge on any atom is -0.452 e. The summed E-state index contributed by atoms with van der Waals surface area (Å²) < 4.78 is 12.1. The van der Waals surface area contributed by atoms with Crippen LogP contribution in [-0.2, 0) is 0 Å². The van der Waals surface area contributed by atoms with Gasteiger partial charge in [0.2, 0.25) is 0 Å². The molecule has 1 unspecified atom stereocenters. The zero-order valence-electron chi connectivity index (χ0n) is 11.6. The summed E-state index contributed by atoms with van der Waals surface area (Å²) in [5.41, 5.74) is 2.78. The number of nitrogens with zero attached hydrogens (tertiary/aromatic N) is 1. The molecule has 1 aliphatic rings. The van der Waals surface area contributed by atoms with E-state index >= 15 is 0 Å². The van der Waals surface area contributed by atoms with Crippen molar-refractivity contribution in [3.8, 4) is 0 Å². The van der Waals surface area contributed by atoms with Gasteiger partial charge in [0.15, 0.2) is 16.1 Å². The highest BCUT2D eigenvalue weighted by Gasteiger charge is 2.28. The van der Waals surface area contributed by atoms with Crippen molar-refractivity contribution in [1.82, 2.24) is 4.98 Å². The van der Waals surface area contributed by atoms with Crippen LogP contribution in [0.4, 0.5) is 5.69 Å². The Morgan fingerprint density at radius 2 is 2.10 bits per heavy atom. The van der Waals surface area contributed by atoms with Crippen molar-refractivity contribution < 1.29 is 8.83 Å². The van der Waals surface area contributed by atoms with E-state index in [0.29, 0.717) is 5.92 Å². The highest BCUT2D eigenvalue weighted by atomic mass is 79.9. The summed E-state index contributed by atoms with van der Waals surface area (Å²) in [6.45, 7) is 2.06. The van der Waals surface area contributed by atoms with E-state index in [0.717, 1.165) is 33.1 Å². The average Bonchev–Trinajstić information content (AvgIpc) is 3.09. The summed E-state index contributed by atoms with van der Waals surface area (Å²) in [5, 5.41) is 3.42. The summed E-state index contributed by atoms with van der Waals surface area (Å²) in [6.07, 6.45) is 2.39. The van der Waals surface area contributed by atoms with Crippen molar-refractivity contribution in [2.45, 2.75) is 31.7 Å². The Hall–Kier alpha value is -1.75. The number of benzene rings is 1. The molecule has 4 rings (SSSR count). The molecule has 5 heteroatoms. The molecule has 1 aromatic carbocycles. The molecular weight excluding hydrogens is 332 g/mol. The highest BCUT2D eigenvalue weighted by molar-refractivity contribution is 9.10. The molecule has 0 bridgehead atoms. The number of halogens is 1. The Morgan fingerprint density at radius 1 is 1.24 bits per heavy atom. The lowest BCUT2D eigenvalue weighted by atomic mass is 10.2. The van der Waals surface area contributed by atoms with Gasteiger partial charge in [-0.05, 0) is 66.0 Å². The number of nitrogens with one attached hydrogen (secondary N) is 1. The van der Waals surface area contributed by atoms with Gasteiger partial charge in [-0.3, -0.25) is 0 Å². The van der Waals surface area contributed by atoms with Gasteiger partial charge in [-0.1, -0.05) is 0 Å². The first-order valence-electron chi connectivity index (χ1n) is 7.11. The van der Waals surface area contributed by atoms with Crippen LogP contribution in [0.5, 0.6) is 0 Å². The summed E-state index contributed by atoms with van der Waals surface area (Å²) in [7, 11) is 0. The van der Waals surface area contributed by atoms with Gasteiger partial charge in [-0.15, -0.1) is 0 Å². The van der Waals surface area contributed by atoms with Crippen molar-refractivity contribution in [3.05, 3.63) is 46.7 Å². The number of anilines is 1. The van der Waals surface area contributed by atoms with Gasteiger partial charge in [0.05, 0.1) is 6.04 Å². The van der Waals surface area contributed by atoms with E-state index < -0.39 is 0 Å². The molecule has 108 valence electrons. The SMILES string of the molecule is CC(Nc1ccc2oc(C3CC3)nc2c1)c1ccc(Br)o1. The van der Waals surface area contributed by atoms with E-state index in [2.05, 4.69) is 33.2 Å². The topological polar surface area (TPSA) is 51.2 Å². The molecule has 2 heterocycles. The lowest BCUT2D eigenvalue weighted by Crippen LogP contribution is -2.05. The van der Waals surface area contributed by atoms with Crippen molar-refractivity contribution >= 4 is 32.7 Å². The van der Waals surface area contributed by atoms with Crippen LogP contribution in [0.15, 0.2) is 43.8 Å². The van der Waals surface area contributed by atoms with Gasteiger partial charge < -0.3 is 14.2 Å². The molecular formula is C16H15BrN2O2. The number of hydrogen-bond acceptors (Lipinski definition) is 4. The Labute approximate surface area is 130 Å². The molecule has 1 saturated carbocycles. The number of fused-ring (bicyclic) bond motifs is 1. The number of oxazole rings is 1. The zero-order chi connectivity index (χ0) is 14.4. The Bertz CT molecular complexity index is 789. The largest absolute Gasteiger partial charge is 0.452 e. The van der Waals surface area contributed by atoms with Crippen molar-refractivity contribution in [2.24, 2.45) is 0 Å². The Balaban J connectivity index is 1.58. The number of furan rings is 1. The molecule has 0 saturated heterocycles. The van der Waals surface area contributed by atoms with Crippen LogP contribution in [0.3, 0.4) is 0 Å². The fourth-order valence-corrected chi connectivity index (χ4v) is 2.74. The number of rotatable bonds is 4. The lowest BCUT2D eigenvalue weighted by molar-refractivity contribution is 0.471. The minimum absolute atomic E-state index is 0.0866. The van der Waals surface area contributed by atoms with E-state index in [1.807, 2.05) is 30.3 Å². The zero-order valence-corrected chi connectivity index (χ0v) is 13.2. The monoisotopic (exact) mass is 346 g/mol. The molecule has 0 radical (unpaired) electrons. The van der Waals surface area contributed by atoms with E-state index in [-0.39, 0.29) is 6.04 Å². The molecule has 1 aliphatic carbocycles. The molecule has 0 spiro atoms. The molecule has 1 fully saturated rings. The van der Waals surface area contributed by atoms with Crippen LogP contribution in [0.2, 0.25) is 0 Å². The summed E-state index contributed by atoms with van der Waals surface area (Å²) in [6, 6.07) is 9.96. The third-order valence-corrected chi connectivity index (χ3v) is 4.16. The maximum atomic E-state index is 5.78. The van der Waals surface area contributed by atoms with Crippen LogP contribution in [-0.4, -0.2) is 4.98 Å². The maximum Gasteiger partial charge on any atom is 0.198 e. The van der Waals surface area contributed by atoms with Crippen LogP contribution in [0.1, 0.15) is 43.4 Å². The molecule has 2 aromatic heterocycles. The Morgan fingerprint density at radius 3 is 2.81 bits per heavy atom. The predicted octanol–water partition coefficient (Wildman–Crippen LogP) is 5.23. The smallest absolute Gasteiger partial charge is 0.198 e. The summed E-state index contributed by atoms with van der Waals surface area (Å²) in [4.78, 5) is 4.58. The van der Waals surface area contributed by atoms with Crippen LogP contribution >= 0.6 is 15.9 Å². The molecule has 3 aromatic rings. The van der Waals surface area contributed by atoms with Gasteiger partial charge in [0.25, 0.3) is 0 Å². The van der Waals surface area contributed by atoms with Crippen molar-refractivity contribution in [3.63, 3.8) is 0 Å². The fourth-order valence-electron chi connectivity index (χ4n) is 2.42. The van der Waals surface area contributed by atoms with Gasteiger partial charge in [0, 0.05) is 11.6 Å². The highest BCUT2D eigenvalue weighted by Crippen LogP contribution is 2.40. The lowest BCUT2D eigenvalue weighted by Gasteiger charge is -2.12. The third-order valence-electron chi connectivity index (χ3n) is 3.73. The predicted molar refractivity (Wildman–Crippen MR) is 84.4 cm³/mol. The van der Waals surface area contributed by atoms with E-state index in [9.17, 15) is 0 Å². The Kier molecular flexibility index (Phi) is 3.03. The van der Waals surface area contributed by atoms with Crippen LogP contribution in [0.25, 0.3) is 11.1 Å². The second kappa shape index (κ2) is 4.91. The van der Waals surface area contributed by atoms with E-state index in [4.69, 9.17) is 8.83 Å². The van der Waals surface area contributed by atoms with Gasteiger partial charge in [-0.25, -0.2) is 4.98 Å². The average molecular weight is 347 g/mol. The quantitative estimate of drug-likeness (QED) is 0.702.